The Hall–Kier alpha value is -0.300. The summed E-state index contributed by atoms with van der Waals surface area (Å²) in [5.41, 5.74) is -0.629. The van der Waals surface area contributed by atoms with Crippen LogP contribution in [0.5, 0.6) is 0 Å². The third-order valence-electron chi connectivity index (χ3n) is 3.82. The third-order valence-corrected chi connectivity index (χ3v) is 3.82. The molecule has 20 heavy (non-hydrogen) atoms. The molecule has 2 rings (SSSR count). The average Bonchev–Trinajstić information content (AvgIpc) is 2.76. The van der Waals surface area contributed by atoms with Crippen molar-refractivity contribution in [3.8, 4) is 0 Å². The first-order chi connectivity index (χ1) is 8.70. The van der Waals surface area contributed by atoms with Crippen LogP contribution in [0.2, 0.25) is 0 Å². The van der Waals surface area contributed by atoms with Gasteiger partial charge in [-0.15, -0.1) is 0 Å². The monoisotopic (exact) mass is 292 g/mol. The molecule has 0 radical (unpaired) electrons. The van der Waals surface area contributed by atoms with Crippen molar-refractivity contribution >= 4 is 12.1 Å². The SMILES string of the molecule is CN1CC[C@@H]2[C@H]1C[C@H](C(=O)[O-])N2C(=O)OC(C)(C)C.[Na+]. The maximum absolute atomic E-state index is 12.2. The first kappa shape index (κ1) is 17.8. The number of aliphatic carboxylic acids is 1. The summed E-state index contributed by atoms with van der Waals surface area (Å²) in [5, 5.41) is 11.2. The molecule has 7 heteroatoms. The van der Waals surface area contributed by atoms with E-state index in [4.69, 9.17) is 4.74 Å². The van der Waals surface area contributed by atoms with Gasteiger partial charge in [0.2, 0.25) is 0 Å². The zero-order chi connectivity index (χ0) is 14.4. The van der Waals surface area contributed by atoms with Crippen LogP contribution in [0.3, 0.4) is 0 Å². The van der Waals surface area contributed by atoms with E-state index >= 15 is 0 Å². The molecule has 108 valence electrons. The summed E-state index contributed by atoms with van der Waals surface area (Å²) < 4.78 is 5.32. The molecule has 2 fully saturated rings. The topological polar surface area (TPSA) is 72.9 Å². The molecule has 0 spiro atoms. The van der Waals surface area contributed by atoms with Crippen LogP contribution >= 0.6 is 0 Å². The van der Waals surface area contributed by atoms with E-state index < -0.39 is 23.7 Å². The van der Waals surface area contributed by atoms with Gasteiger partial charge in [0.25, 0.3) is 0 Å². The number of carbonyl (C=O) groups is 2. The Morgan fingerprint density at radius 1 is 1.25 bits per heavy atom. The zero-order valence-electron chi connectivity index (χ0n) is 12.9. The van der Waals surface area contributed by atoms with Crippen LogP contribution in [0.25, 0.3) is 0 Å². The molecule has 2 aliphatic rings. The van der Waals surface area contributed by atoms with Crippen LogP contribution in [0, 0.1) is 0 Å². The van der Waals surface area contributed by atoms with Crippen LogP contribution in [-0.2, 0) is 9.53 Å². The minimum Gasteiger partial charge on any atom is -0.548 e. The van der Waals surface area contributed by atoms with Crippen LogP contribution in [-0.4, -0.2) is 59.2 Å². The minimum atomic E-state index is -1.20. The second-order valence-electron chi connectivity index (χ2n) is 6.36. The third kappa shape index (κ3) is 3.47. The minimum absolute atomic E-state index is 0. The zero-order valence-corrected chi connectivity index (χ0v) is 14.9. The molecule has 0 aromatic carbocycles. The number of fused-ring (bicyclic) bond motifs is 1. The number of hydrogen-bond donors (Lipinski definition) is 0. The van der Waals surface area contributed by atoms with Crippen LogP contribution in [0.4, 0.5) is 4.79 Å². The summed E-state index contributed by atoms with van der Waals surface area (Å²) in [6, 6.07) is -0.870. The first-order valence-corrected chi connectivity index (χ1v) is 6.63. The van der Waals surface area contributed by atoms with Crippen molar-refractivity contribution in [1.29, 1.82) is 0 Å². The van der Waals surface area contributed by atoms with E-state index in [0.717, 1.165) is 13.0 Å². The van der Waals surface area contributed by atoms with Crippen LogP contribution in [0.1, 0.15) is 33.6 Å². The van der Waals surface area contributed by atoms with Gasteiger partial charge in [0.1, 0.15) is 5.60 Å². The summed E-state index contributed by atoms with van der Waals surface area (Å²) >= 11 is 0. The van der Waals surface area contributed by atoms with Crippen molar-refractivity contribution in [2.75, 3.05) is 13.6 Å². The molecule has 2 aliphatic heterocycles. The van der Waals surface area contributed by atoms with Crippen molar-refractivity contribution < 1.29 is 49.0 Å². The van der Waals surface area contributed by atoms with Gasteiger partial charge in [-0.3, -0.25) is 4.90 Å². The molecule has 0 aromatic rings. The predicted octanol–water partition coefficient (Wildman–Crippen LogP) is -3.18. The average molecular weight is 292 g/mol. The predicted molar refractivity (Wildman–Crippen MR) is 66.3 cm³/mol. The van der Waals surface area contributed by atoms with Crippen molar-refractivity contribution in [2.24, 2.45) is 0 Å². The van der Waals surface area contributed by atoms with Gasteiger partial charge in [0, 0.05) is 12.6 Å². The number of carboxylic acids is 1. The summed E-state index contributed by atoms with van der Waals surface area (Å²) in [7, 11) is 1.95. The standard InChI is InChI=1S/C13H22N2O4.Na/c1-13(2,3)19-12(18)15-8-5-6-14(4)9(8)7-10(15)11(16)17;/h8-10H,5-7H2,1-4H3,(H,16,17);/q;+1/p-1/t8-,9-,10-;/m1./s1. The van der Waals surface area contributed by atoms with Gasteiger partial charge in [-0.25, -0.2) is 4.79 Å². The summed E-state index contributed by atoms with van der Waals surface area (Å²) in [6.07, 6.45) is 0.650. The largest absolute Gasteiger partial charge is 1.00 e. The summed E-state index contributed by atoms with van der Waals surface area (Å²) in [5.74, 6) is -1.20. The number of ether oxygens (including phenoxy) is 1. The molecular weight excluding hydrogens is 271 g/mol. The maximum atomic E-state index is 12.2. The molecule has 0 unspecified atom stereocenters. The molecule has 2 saturated heterocycles. The number of likely N-dealkylation sites (tertiary alicyclic amines) is 2. The number of hydrogen-bond acceptors (Lipinski definition) is 5. The maximum Gasteiger partial charge on any atom is 1.00 e. The molecule has 0 saturated carbocycles. The van der Waals surface area contributed by atoms with Gasteiger partial charge in [0.05, 0.1) is 18.1 Å². The van der Waals surface area contributed by atoms with Crippen LogP contribution in [0.15, 0.2) is 0 Å². The van der Waals surface area contributed by atoms with Gasteiger partial charge < -0.3 is 19.5 Å². The van der Waals surface area contributed by atoms with Crippen molar-refractivity contribution in [3.05, 3.63) is 0 Å². The fourth-order valence-corrected chi connectivity index (χ4v) is 3.01. The molecule has 3 atom stereocenters. The van der Waals surface area contributed by atoms with E-state index in [1.807, 2.05) is 7.05 Å². The molecule has 6 nitrogen and oxygen atoms in total. The van der Waals surface area contributed by atoms with Crippen molar-refractivity contribution in [1.82, 2.24) is 9.80 Å². The Labute approximate surface area is 141 Å². The fourth-order valence-electron chi connectivity index (χ4n) is 3.01. The fraction of sp³-hybridized carbons (Fsp3) is 0.846. The van der Waals surface area contributed by atoms with E-state index in [0.29, 0.717) is 6.42 Å². The molecular formula is C13H21N2NaO4. The molecule has 0 bridgehead atoms. The Kier molecular flexibility index (Phi) is 5.52. The van der Waals surface area contributed by atoms with Gasteiger partial charge in [-0.2, -0.15) is 0 Å². The number of carboxylic acid groups (broad SMARTS) is 1. The normalized spacial score (nSPS) is 29.8. The molecule has 0 aliphatic carbocycles. The Morgan fingerprint density at radius 2 is 1.85 bits per heavy atom. The number of amides is 1. The molecule has 0 N–H and O–H groups in total. The second-order valence-corrected chi connectivity index (χ2v) is 6.36. The molecule has 1 amide bonds. The second kappa shape index (κ2) is 6.22. The van der Waals surface area contributed by atoms with Gasteiger partial charge >= 0.3 is 35.7 Å². The number of likely N-dealkylation sites (N-methyl/N-ethyl adjacent to an activating group) is 1. The van der Waals surface area contributed by atoms with E-state index in [2.05, 4.69) is 4.90 Å². The van der Waals surface area contributed by atoms with E-state index in [-0.39, 0.29) is 41.6 Å². The number of nitrogens with zero attached hydrogens (tertiary/aromatic N) is 2. The summed E-state index contributed by atoms with van der Waals surface area (Å²) in [6.45, 7) is 6.18. The molecule has 0 aromatic heterocycles. The van der Waals surface area contributed by atoms with Gasteiger partial charge in [-0.1, -0.05) is 0 Å². The van der Waals surface area contributed by atoms with Crippen LogP contribution < -0.4 is 34.7 Å². The van der Waals surface area contributed by atoms with Gasteiger partial charge in [0.15, 0.2) is 0 Å². The van der Waals surface area contributed by atoms with Crippen molar-refractivity contribution in [2.45, 2.75) is 57.3 Å². The number of carbonyl (C=O) groups excluding carboxylic acids is 2. The van der Waals surface area contributed by atoms with Crippen molar-refractivity contribution in [3.63, 3.8) is 0 Å². The van der Waals surface area contributed by atoms with Gasteiger partial charge in [-0.05, 0) is 40.7 Å². The smallest absolute Gasteiger partial charge is 0.548 e. The quantitative estimate of drug-likeness (QED) is 0.477. The van der Waals surface area contributed by atoms with E-state index in [9.17, 15) is 14.7 Å². The molecule has 2 heterocycles. The number of rotatable bonds is 1. The Bertz CT molecular complexity index is 396. The summed E-state index contributed by atoms with van der Waals surface area (Å²) in [4.78, 5) is 26.9. The Morgan fingerprint density at radius 3 is 2.35 bits per heavy atom. The van der Waals surface area contributed by atoms with E-state index in [1.165, 1.54) is 4.90 Å². The first-order valence-electron chi connectivity index (χ1n) is 6.63. The van der Waals surface area contributed by atoms with E-state index in [1.54, 1.807) is 20.8 Å². The Balaban J connectivity index is 0.00000200.